The zero-order chi connectivity index (χ0) is 59.1. The highest BCUT2D eigenvalue weighted by molar-refractivity contribution is 5.94. The number of hydrogen-bond acceptors (Lipinski definition) is 16. The van der Waals surface area contributed by atoms with Gasteiger partial charge < -0.3 is 58.1 Å². The van der Waals surface area contributed by atoms with E-state index < -0.39 is 71.9 Å². The second-order valence-corrected chi connectivity index (χ2v) is 18.6. The van der Waals surface area contributed by atoms with Crippen molar-refractivity contribution >= 4 is 35.6 Å². The lowest BCUT2D eigenvalue weighted by atomic mass is 10.2. The standard InChI is InChI=1S/C60H69N7O15/c1-7-77-58(74)46-31-40(4)65(55(71)52(46)80-37-43-19-13-10-14-20-43)34-49(68)61-25-28-64(29-26-62-50(69)35-66-41(5)32-47(59(75)78-8-2)53(56(66)72)81-38-44-21-15-11-16-22-44)30-27-63-51(70)36-67-42(6)33-48(60(76)79-9-3)54(57(67)73)82-39-45-23-17-12-18-24-45/h10-24,31-33H,7-9,25-30,34-39H2,1-6H3,(H,61,68)(H,62,69)(H,63,70). The number of carbonyl (C=O) groups is 6. The van der Waals surface area contributed by atoms with Crippen LogP contribution in [0.2, 0.25) is 0 Å². The molecule has 434 valence electrons. The number of esters is 3. The number of ether oxygens (including phenoxy) is 6. The zero-order valence-electron chi connectivity index (χ0n) is 46.9. The van der Waals surface area contributed by atoms with Crippen LogP contribution in [0.25, 0.3) is 0 Å². The Kier molecular flexibility index (Phi) is 23.3. The number of carbonyl (C=O) groups excluding carboxylic acids is 6. The number of nitrogens with zero attached hydrogens (tertiary/aromatic N) is 4. The number of pyridine rings is 3. The molecule has 0 aliphatic rings. The van der Waals surface area contributed by atoms with Crippen LogP contribution < -0.4 is 46.8 Å². The predicted octanol–water partition coefficient (Wildman–Crippen LogP) is 4.42. The van der Waals surface area contributed by atoms with Crippen LogP contribution in [0, 0.1) is 20.8 Å². The number of hydrogen-bond donors (Lipinski definition) is 3. The third-order valence-electron chi connectivity index (χ3n) is 12.7. The predicted molar refractivity (Wildman–Crippen MR) is 302 cm³/mol. The van der Waals surface area contributed by atoms with Crippen molar-refractivity contribution in [1.82, 2.24) is 34.6 Å². The first-order chi connectivity index (χ1) is 39.5. The molecule has 3 amide bonds. The Bertz CT molecular complexity index is 3030. The monoisotopic (exact) mass is 1130 g/mol. The van der Waals surface area contributed by atoms with Gasteiger partial charge in [0, 0.05) is 56.4 Å². The van der Waals surface area contributed by atoms with E-state index in [9.17, 15) is 43.2 Å². The van der Waals surface area contributed by atoms with Crippen molar-refractivity contribution in [3.8, 4) is 17.2 Å². The summed E-state index contributed by atoms with van der Waals surface area (Å²) < 4.78 is 36.9. The molecule has 82 heavy (non-hydrogen) atoms. The molecule has 0 aliphatic carbocycles. The Morgan fingerprint density at radius 1 is 0.415 bits per heavy atom. The van der Waals surface area contributed by atoms with Crippen LogP contribution in [0.5, 0.6) is 17.2 Å². The molecule has 0 fully saturated rings. The van der Waals surface area contributed by atoms with Crippen LogP contribution in [0.4, 0.5) is 0 Å². The first-order valence-corrected chi connectivity index (χ1v) is 26.8. The van der Waals surface area contributed by atoms with Crippen LogP contribution >= 0.6 is 0 Å². The van der Waals surface area contributed by atoms with E-state index in [0.29, 0.717) is 17.1 Å². The van der Waals surface area contributed by atoms with Gasteiger partial charge in [-0.05, 0) is 76.4 Å². The number of aromatic nitrogens is 3. The van der Waals surface area contributed by atoms with Crippen molar-refractivity contribution in [3.05, 3.63) is 191 Å². The zero-order valence-corrected chi connectivity index (χ0v) is 46.9. The lowest BCUT2D eigenvalue weighted by Crippen LogP contribution is -2.45. The topological polar surface area (TPSA) is 263 Å². The van der Waals surface area contributed by atoms with Gasteiger partial charge >= 0.3 is 17.9 Å². The minimum atomic E-state index is -0.756. The van der Waals surface area contributed by atoms with Crippen molar-refractivity contribution < 1.29 is 57.2 Å². The first-order valence-electron chi connectivity index (χ1n) is 26.8. The number of nitrogens with one attached hydrogen (secondary N) is 3. The average molecular weight is 1130 g/mol. The van der Waals surface area contributed by atoms with Gasteiger partial charge in [0.15, 0.2) is 17.2 Å². The van der Waals surface area contributed by atoms with E-state index in [2.05, 4.69) is 16.0 Å². The summed E-state index contributed by atoms with van der Waals surface area (Å²) in [5.41, 5.74) is 0.743. The van der Waals surface area contributed by atoms with Crippen molar-refractivity contribution in [3.63, 3.8) is 0 Å². The molecule has 0 unspecified atom stereocenters. The quantitative estimate of drug-likeness (QED) is 0.0417. The normalized spacial score (nSPS) is 10.9. The van der Waals surface area contributed by atoms with Crippen LogP contribution in [-0.4, -0.2) is 113 Å². The van der Waals surface area contributed by atoms with Crippen LogP contribution in [0.15, 0.2) is 124 Å². The minimum absolute atomic E-state index is 0.0323. The maximum atomic E-state index is 13.9. The fraction of sp³-hybridized carbons (Fsp3) is 0.350. The van der Waals surface area contributed by atoms with Gasteiger partial charge in [0.1, 0.15) is 56.1 Å². The van der Waals surface area contributed by atoms with Gasteiger partial charge in [-0.15, -0.1) is 0 Å². The summed E-state index contributed by atoms with van der Waals surface area (Å²) in [4.78, 5) is 123. The van der Waals surface area contributed by atoms with Gasteiger partial charge in [-0.3, -0.25) is 33.7 Å². The molecule has 0 saturated heterocycles. The summed E-state index contributed by atoms with van der Waals surface area (Å²) >= 11 is 0. The lowest BCUT2D eigenvalue weighted by molar-refractivity contribution is -0.122. The molecule has 22 heteroatoms. The Morgan fingerprint density at radius 3 is 0.915 bits per heavy atom. The van der Waals surface area contributed by atoms with Gasteiger partial charge in [0.25, 0.3) is 16.7 Å². The molecule has 0 radical (unpaired) electrons. The second kappa shape index (κ2) is 30.9. The SMILES string of the molecule is CCOC(=O)c1cc(C)n(CC(=O)NCCN(CCNC(=O)Cn2c(C)cc(C(=O)OCC)c(OCc3ccccc3)c2=O)CCNC(=O)Cn2c(C)cc(C(=O)OCC)c(OCc3ccccc3)c2=O)c(=O)c1OCc1ccccc1. The second-order valence-electron chi connectivity index (χ2n) is 18.6. The summed E-state index contributed by atoms with van der Waals surface area (Å²) in [5.74, 6) is -4.72. The largest absolute Gasteiger partial charge is 0.482 e. The number of benzene rings is 3. The van der Waals surface area contributed by atoms with Crippen LogP contribution in [0.1, 0.15) is 85.6 Å². The van der Waals surface area contributed by atoms with Gasteiger partial charge in [-0.2, -0.15) is 0 Å². The molecular weight excluding hydrogens is 1060 g/mol. The van der Waals surface area contributed by atoms with E-state index in [1.165, 1.54) is 31.9 Å². The molecule has 3 aromatic heterocycles. The van der Waals surface area contributed by atoms with Crippen molar-refractivity contribution in [2.45, 2.75) is 81.0 Å². The van der Waals surface area contributed by atoms with E-state index in [1.807, 2.05) is 23.1 Å². The third kappa shape index (κ3) is 17.3. The summed E-state index contributed by atoms with van der Waals surface area (Å²) in [5, 5.41) is 8.46. The van der Waals surface area contributed by atoms with Gasteiger partial charge in [0.05, 0.1) is 19.8 Å². The molecular formula is C60H69N7O15. The average Bonchev–Trinajstić information content (AvgIpc) is 3.64. The van der Waals surface area contributed by atoms with Crippen molar-refractivity contribution in [1.29, 1.82) is 0 Å². The molecule has 0 saturated carbocycles. The molecule has 6 aromatic rings. The highest BCUT2D eigenvalue weighted by atomic mass is 16.5. The molecule has 0 atom stereocenters. The highest BCUT2D eigenvalue weighted by Gasteiger charge is 2.26. The molecule has 3 aromatic carbocycles. The van der Waals surface area contributed by atoms with E-state index in [-0.39, 0.29) is 113 Å². The van der Waals surface area contributed by atoms with Gasteiger partial charge in [-0.25, -0.2) is 14.4 Å². The maximum absolute atomic E-state index is 13.9. The number of amides is 3. The number of aryl methyl sites for hydroxylation is 3. The molecule has 22 nitrogen and oxygen atoms in total. The molecule has 0 aliphatic heterocycles. The summed E-state index contributed by atoms with van der Waals surface area (Å²) in [6.07, 6.45) is 0. The van der Waals surface area contributed by atoms with Crippen LogP contribution in [0.3, 0.4) is 0 Å². The molecule has 3 N–H and O–H groups in total. The smallest absolute Gasteiger partial charge is 0.342 e. The lowest BCUT2D eigenvalue weighted by Gasteiger charge is -2.23. The Morgan fingerprint density at radius 2 is 0.671 bits per heavy atom. The van der Waals surface area contributed by atoms with E-state index >= 15 is 0 Å². The van der Waals surface area contributed by atoms with Gasteiger partial charge in [-0.1, -0.05) is 91.0 Å². The van der Waals surface area contributed by atoms with E-state index in [4.69, 9.17) is 28.4 Å². The maximum Gasteiger partial charge on any atom is 0.342 e. The van der Waals surface area contributed by atoms with E-state index in [0.717, 1.165) is 16.7 Å². The molecule has 3 heterocycles. The van der Waals surface area contributed by atoms with E-state index in [1.54, 1.807) is 114 Å². The molecule has 0 bridgehead atoms. The Hall–Kier alpha value is -9.31. The molecule has 0 spiro atoms. The Labute approximate surface area is 473 Å². The molecule has 6 rings (SSSR count). The van der Waals surface area contributed by atoms with Crippen LogP contribution in [-0.2, 0) is 68.0 Å². The third-order valence-corrected chi connectivity index (χ3v) is 12.7. The summed E-state index contributed by atoms with van der Waals surface area (Å²) in [6, 6.07) is 31.4. The first kappa shape index (κ1) is 61.9. The fourth-order valence-corrected chi connectivity index (χ4v) is 8.52. The minimum Gasteiger partial charge on any atom is -0.482 e. The fourth-order valence-electron chi connectivity index (χ4n) is 8.52. The summed E-state index contributed by atoms with van der Waals surface area (Å²) in [6.45, 7) is 9.03. The Balaban J connectivity index is 1.16. The summed E-state index contributed by atoms with van der Waals surface area (Å²) in [7, 11) is 0. The number of rotatable bonds is 30. The van der Waals surface area contributed by atoms with Gasteiger partial charge in [0.2, 0.25) is 17.7 Å². The van der Waals surface area contributed by atoms with Crippen molar-refractivity contribution in [2.24, 2.45) is 0 Å². The van der Waals surface area contributed by atoms with Crippen molar-refractivity contribution in [2.75, 3.05) is 59.1 Å². The highest BCUT2D eigenvalue weighted by Crippen LogP contribution is 2.22.